The molecule has 0 aliphatic carbocycles. The number of phenolic OH excluding ortho intramolecular Hbond substituents is 1. The summed E-state index contributed by atoms with van der Waals surface area (Å²) >= 11 is 0. The Hall–Kier alpha value is -4.46. The highest BCUT2D eigenvalue weighted by molar-refractivity contribution is 6.51. The predicted octanol–water partition coefficient (Wildman–Crippen LogP) is 3.93. The summed E-state index contributed by atoms with van der Waals surface area (Å²) in [5.41, 5.74) is 0.454. The number of rotatable bonds is 4. The van der Waals surface area contributed by atoms with E-state index in [1.807, 2.05) is 0 Å². The molecule has 154 valence electrons. The molecule has 2 N–H and O–H groups in total. The number of hydrogen-bond acceptors (Lipinski definition) is 6. The summed E-state index contributed by atoms with van der Waals surface area (Å²) < 4.78 is 0. The number of benzene rings is 3. The average Bonchev–Trinajstić information content (AvgIpc) is 3.05. The van der Waals surface area contributed by atoms with Crippen LogP contribution in [0.2, 0.25) is 0 Å². The number of anilines is 1. The van der Waals surface area contributed by atoms with Gasteiger partial charge in [0.2, 0.25) is 0 Å². The van der Waals surface area contributed by atoms with Gasteiger partial charge in [0.05, 0.1) is 22.2 Å². The van der Waals surface area contributed by atoms with Crippen molar-refractivity contribution in [1.82, 2.24) is 0 Å². The number of aromatic hydroxyl groups is 1. The van der Waals surface area contributed by atoms with Crippen LogP contribution in [-0.4, -0.2) is 26.8 Å². The summed E-state index contributed by atoms with van der Waals surface area (Å²) in [5, 5.41) is 32.3. The fourth-order valence-corrected chi connectivity index (χ4v) is 3.59. The number of carbonyl (C=O) groups excluding carboxylic acids is 2. The number of nitrogens with zero attached hydrogens (tertiary/aromatic N) is 2. The van der Waals surface area contributed by atoms with Gasteiger partial charge in [0.25, 0.3) is 17.4 Å². The first-order chi connectivity index (χ1) is 14.9. The van der Waals surface area contributed by atoms with E-state index < -0.39 is 22.7 Å². The van der Waals surface area contributed by atoms with Crippen molar-refractivity contribution < 1.29 is 24.7 Å². The maximum absolute atomic E-state index is 13.0. The fourth-order valence-electron chi connectivity index (χ4n) is 3.59. The van der Waals surface area contributed by atoms with Gasteiger partial charge in [-0.15, -0.1) is 0 Å². The first-order valence-corrected chi connectivity index (χ1v) is 9.29. The van der Waals surface area contributed by atoms with Crippen molar-refractivity contribution in [1.29, 1.82) is 0 Å². The van der Waals surface area contributed by atoms with Crippen LogP contribution in [0.5, 0.6) is 5.75 Å². The van der Waals surface area contributed by atoms with Crippen LogP contribution in [0.4, 0.5) is 11.4 Å². The molecule has 0 bridgehead atoms. The number of non-ortho nitro benzene ring substituents is 1. The predicted molar refractivity (Wildman–Crippen MR) is 112 cm³/mol. The molecule has 1 saturated heterocycles. The van der Waals surface area contributed by atoms with Crippen LogP contribution in [0.1, 0.15) is 17.2 Å². The van der Waals surface area contributed by atoms with E-state index in [0.717, 1.165) is 4.90 Å². The molecule has 3 aromatic rings. The van der Waals surface area contributed by atoms with Crippen molar-refractivity contribution >= 4 is 28.8 Å². The van der Waals surface area contributed by atoms with Crippen molar-refractivity contribution in [3.05, 3.63) is 106 Å². The summed E-state index contributed by atoms with van der Waals surface area (Å²) in [6.45, 7) is 0. The molecular weight excluding hydrogens is 400 g/mol. The van der Waals surface area contributed by atoms with Gasteiger partial charge in [0, 0.05) is 17.7 Å². The van der Waals surface area contributed by atoms with E-state index in [4.69, 9.17) is 0 Å². The Labute approximate surface area is 176 Å². The molecule has 8 nitrogen and oxygen atoms in total. The molecular formula is C23H16N2O6. The zero-order valence-corrected chi connectivity index (χ0v) is 16.0. The molecule has 1 aliphatic rings. The zero-order valence-electron chi connectivity index (χ0n) is 16.0. The zero-order chi connectivity index (χ0) is 22.1. The number of phenols is 1. The van der Waals surface area contributed by atoms with Crippen LogP contribution in [0.3, 0.4) is 0 Å². The number of Topliss-reactive ketones (excluding diaryl/α,β-unsaturated/α-hetero) is 1. The SMILES string of the molecule is O=C1C(=O)N(c2ccccc2O)C(c2ccc([N+](=O)[O-])cc2)/C1=C(/O)c1ccccc1. The topological polar surface area (TPSA) is 121 Å². The normalized spacial score (nSPS) is 17.7. The van der Waals surface area contributed by atoms with Gasteiger partial charge in [-0.25, -0.2) is 0 Å². The standard InChI is InChI=1S/C23H16N2O6/c26-18-9-5-4-8-17(18)24-20(14-10-12-16(13-11-14)25(30)31)19(22(28)23(24)29)21(27)15-6-2-1-3-7-15/h1-13,20,26-27H/b21-19-. The molecule has 0 aromatic heterocycles. The maximum atomic E-state index is 13.0. The van der Waals surface area contributed by atoms with E-state index in [9.17, 15) is 29.9 Å². The largest absolute Gasteiger partial charge is 0.507 e. The summed E-state index contributed by atoms with van der Waals surface area (Å²) in [7, 11) is 0. The molecule has 0 radical (unpaired) electrons. The Morgan fingerprint density at radius 2 is 1.52 bits per heavy atom. The highest BCUT2D eigenvalue weighted by Crippen LogP contribution is 2.44. The molecule has 1 fully saturated rings. The average molecular weight is 416 g/mol. The van der Waals surface area contributed by atoms with Crippen molar-refractivity contribution in [2.45, 2.75) is 6.04 Å². The molecule has 1 atom stereocenters. The lowest BCUT2D eigenvalue weighted by molar-refractivity contribution is -0.384. The van der Waals surface area contributed by atoms with Crippen molar-refractivity contribution in [2.75, 3.05) is 4.90 Å². The van der Waals surface area contributed by atoms with Gasteiger partial charge in [-0.3, -0.25) is 24.6 Å². The number of ketones is 1. The quantitative estimate of drug-likeness (QED) is 0.219. The van der Waals surface area contributed by atoms with Gasteiger partial charge in [-0.2, -0.15) is 0 Å². The molecule has 3 aromatic carbocycles. The van der Waals surface area contributed by atoms with Crippen LogP contribution in [0.15, 0.2) is 84.4 Å². The second-order valence-corrected chi connectivity index (χ2v) is 6.87. The Kier molecular flexibility index (Phi) is 4.96. The van der Waals surface area contributed by atoms with E-state index >= 15 is 0 Å². The Bertz CT molecular complexity index is 1220. The Morgan fingerprint density at radius 1 is 0.903 bits per heavy atom. The third-order valence-corrected chi connectivity index (χ3v) is 5.05. The van der Waals surface area contributed by atoms with Crippen molar-refractivity contribution in [3.8, 4) is 5.75 Å². The third-order valence-electron chi connectivity index (χ3n) is 5.05. The third kappa shape index (κ3) is 3.40. The summed E-state index contributed by atoms with van der Waals surface area (Å²) in [4.78, 5) is 37.5. The minimum Gasteiger partial charge on any atom is -0.507 e. The van der Waals surface area contributed by atoms with Crippen LogP contribution in [-0.2, 0) is 9.59 Å². The lowest BCUT2D eigenvalue weighted by Gasteiger charge is -2.25. The van der Waals surface area contributed by atoms with Crippen LogP contribution in [0.25, 0.3) is 5.76 Å². The lowest BCUT2D eigenvalue weighted by Crippen LogP contribution is -2.29. The van der Waals surface area contributed by atoms with Gasteiger partial charge in [-0.1, -0.05) is 42.5 Å². The van der Waals surface area contributed by atoms with Gasteiger partial charge in [-0.05, 0) is 29.8 Å². The van der Waals surface area contributed by atoms with Crippen molar-refractivity contribution in [2.24, 2.45) is 0 Å². The van der Waals surface area contributed by atoms with E-state index in [-0.39, 0.29) is 28.5 Å². The smallest absolute Gasteiger partial charge is 0.300 e. The molecule has 8 heteroatoms. The molecule has 0 spiro atoms. The van der Waals surface area contributed by atoms with Gasteiger partial charge in [0.1, 0.15) is 11.5 Å². The highest BCUT2D eigenvalue weighted by Gasteiger charge is 2.47. The molecule has 4 rings (SSSR count). The number of para-hydroxylation sites is 2. The van der Waals surface area contributed by atoms with E-state index in [1.54, 1.807) is 42.5 Å². The molecule has 1 heterocycles. The second kappa shape index (κ2) is 7.75. The molecule has 1 amide bonds. The van der Waals surface area contributed by atoms with E-state index in [0.29, 0.717) is 11.1 Å². The number of nitro benzene ring substituents is 1. The molecule has 1 unspecified atom stereocenters. The molecule has 31 heavy (non-hydrogen) atoms. The number of carbonyl (C=O) groups is 2. The van der Waals surface area contributed by atoms with Crippen molar-refractivity contribution in [3.63, 3.8) is 0 Å². The Morgan fingerprint density at radius 3 is 2.13 bits per heavy atom. The minimum absolute atomic E-state index is 0.0834. The number of hydrogen-bond donors (Lipinski definition) is 2. The van der Waals surface area contributed by atoms with Gasteiger partial charge < -0.3 is 10.2 Å². The van der Waals surface area contributed by atoms with Crippen LogP contribution in [0, 0.1) is 10.1 Å². The molecule has 1 aliphatic heterocycles. The maximum Gasteiger partial charge on any atom is 0.300 e. The summed E-state index contributed by atoms with van der Waals surface area (Å²) in [6.07, 6.45) is 0. The summed E-state index contributed by atoms with van der Waals surface area (Å²) in [6, 6.07) is 18.5. The number of amides is 1. The van der Waals surface area contributed by atoms with Crippen LogP contribution < -0.4 is 4.90 Å². The number of nitro groups is 1. The second-order valence-electron chi connectivity index (χ2n) is 6.87. The lowest BCUT2D eigenvalue weighted by atomic mass is 9.95. The molecule has 0 saturated carbocycles. The van der Waals surface area contributed by atoms with Gasteiger partial charge >= 0.3 is 0 Å². The van der Waals surface area contributed by atoms with E-state index in [1.165, 1.54) is 36.4 Å². The van der Waals surface area contributed by atoms with Gasteiger partial charge in [0.15, 0.2) is 0 Å². The summed E-state index contributed by atoms with van der Waals surface area (Å²) in [5.74, 6) is -2.45. The first kappa shape index (κ1) is 19.8. The first-order valence-electron chi connectivity index (χ1n) is 9.29. The number of aliphatic hydroxyl groups is 1. The highest BCUT2D eigenvalue weighted by atomic mass is 16.6. The fraction of sp³-hybridized carbons (Fsp3) is 0.0435. The monoisotopic (exact) mass is 416 g/mol. The Balaban J connectivity index is 1.96. The number of aliphatic hydroxyl groups excluding tert-OH is 1. The van der Waals surface area contributed by atoms with Crippen LogP contribution >= 0.6 is 0 Å². The van der Waals surface area contributed by atoms with E-state index in [2.05, 4.69) is 0 Å². The minimum atomic E-state index is -1.09.